The molecule has 1 atom stereocenters. The van der Waals surface area contributed by atoms with Crippen LogP contribution in [0.25, 0.3) is 0 Å². The van der Waals surface area contributed by atoms with E-state index in [0.717, 1.165) is 0 Å². The highest BCUT2D eigenvalue weighted by Crippen LogP contribution is 2.02. The average Bonchev–Trinajstić information content (AvgIpc) is 2.28. The highest BCUT2D eigenvalue weighted by molar-refractivity contribution is 5.87. The molecule has 1 rings (SSSR count). The minimum absolute atomic E-state index is 0.0268. The summed E-state index contributed by atoms with van der Waals surface area (Å²) in [5, 5.41) is 2.64. The molecule has 18 heavy (non-hydrogen) atoms. The number of aromatic nitrogens is 1. The number of amides is 1. The highest BCUT2D eigenvalue weighted by Gasteiger charge is 2.20. The van der Waals surface area contributed by atoms with Crippen molar-refractivity contribution in [1.82, 2.24) is 9.88 Å². The van der Waals surface area contributed by atoms with Crippen LogP contribution in [0.15, 0.2) is 29.2 Å². The molecule has 0 radical (unpaired) electrons. The van der Waals surface area contributed by atoms with Crippen LogP contribution in [-0.4, -0.2) is 22.3 Å². The first-order valence-corrected chi connectivity index (χ1v) is 5.87. The summed E-state index contributed by atoms with van der Waals surface area (Å²) in [7, 11) is 0. The molecule has 1 aromatic heterocycles. The summed E-state index contributed by atoms with van der Waals surface area (Å²) >= 11 is 0. The van der Waals surface area contributed by atoms with Crippen molar-refractivity contribution < 1.29 is 9.59 Å². The number of Topliss-reactive ketones (excluding diaryl/α,β-unsaturated/α-hetero) is 1. The molecule has 5 nitrogen and oxygen atoms in total. The van der Waals surface area contributed by atoms with Gasteiger partial charge in [0.15, 0.2) is 5.78 Å². The fourth-order valence-corrected chi connectivity index (χ4v) is 1.70. The van der Waals surface area contributed by atoms with Crippen molar-refractivity contribution >= 4 is 11.7 Å². The van der Waals surface area contributed by atoms with E-state index in [4.69, 9.17) is 0 Å². The summed E-state index contributed by atoms with van der Waals surface area (Å²) in [4.78, 5) is 34.5. The Morgan fingerprint density at radius 1 is 1.33 bits per heavy atom. The first kappa shape index (κ1) is 14.2. The van der Waals surface area contributed by atoms with E-state index in [2.05, 4.69) is 5.32 Å². The van der Waals surface area contributed by atoms with E-state index in [1.54, 1.807) is 18.3 Å². The lowest BCUT2D eigenvalue weighted by Crippen LogP contribution is -2.45. The van der Waals surface area contributed by atoms with E-state index >= 15 is 0 Å². The normalized spacial score (nSPS) is 12.2. The number of carbonyl (C=O) groups is 2. The molecule has 1 N–H and O–H groups in total. The molecule has 0 spiro atoms. The van der Waals surface area contributed by atoms with Crippen LogP contribution < -0.4 is 10.9 Å². The third-order valence-corrected chi connectivity index (χ3v) is 2.63. The Labute approximate surface area is 106 Å². The Hall–Kier alpha value is -1.91. The Morgan fingerprint density at radius 3 is 2.50 bits per heavy atom. The molecule has 1 aromatic rings. The van der Waals surface area contributed by atoms with Gasteiger partial charge in [0.25, 0.3) is 5.56 Å². The van der Waals surface area contributed by atoms with E-state index in [1.807, 2.05) is 13.8 Å². The van der Waals surface area contributed by atoms with Gasteiger partial charge in [0, 0.05) is 12.3 Å². The zero-order chi connectivity index (χ0) is 13.7. The van der Waals surface area contributed by atoms with E-state index in [0.29, 0.717) is 0 Å². The molecule has 0 saturated carbocycles. The molecule has 1 heterocycles. The average molecular weight is 250 g/mol. The highest BCUT2D eigenvalue weighted by atomic mass is 16.2. The van der Waals surface area contributed by atoms with E-state index in [1.165, 1.54) is 17.6 Å². The van der Waals surface area contributed by atoms with E-state index in [9.17, 15) is 14.4 Å². The van der Waals surface area contributed by atoms with Gasteiger partial charge in [-0.15, -0.1) is 0 Å². The largest absolute Gasteiger partial charge is 0.344 e. The number of nitrogens with zero attached hydrogens (tertiary/aromatic N) is 1. The smallest absolute Gasteiger partial charge is 0.250 e. The Balaban J connectivity index is 2.70. The molecule has 0 aliphatic rings. The first-order chi connectivity index (χ1) is 8.41. The van der Waals surface area contributed by atoms with Gasteiger partial charge in [-0.25, -0.2) is 0 Å². The monoisotopic (exact) mass is 250 g/mol. The quantitative estimate of drug-likeness (QED) is 0.831. The molecule has 0 aromatic carbocycles. The van der Waals surface area contributed by atoms with Crippen LogP contribution in [0, 0.1) is 5.92 Å². The minimum atomic E-state index is -0.503. The number of hydrogen-bond acceptors (Lipinski definition) is 3. The van der Waals surface area contributed by atoms with E-state index in [-0.39, 0.29) is 29.7 Å². The topological polar surface area (TPSA) is 68.2 Å². The zero-order valence-electron chi connectivity index (χ0n) is 10.8. The lowest BCUT2D eigenvalue weighted by atomic mass is 10.0. The number of nitrogens with one attached hydrogen (secondary N) is 1. The SMILES string of the molecule is CC(=O)C(NC(=O)Cn1ccccc1=O)C(C)C. The number of rotatable bonds is 5. The second-order valence-electron chi connectivity index (χ2n) is 4.57. The summed E-state index contributed by atoms with van der Waals surface area (Å²) < 4.78 is 1.30. The van der Waals surface area contributed by atoms with Gasteiger partial charge in [-0.2, -0.15) is 0 Å². The summed E-state index contributed by atoms with van der Waals surface area (Å²) in [5.74, 6) is -0.394. The molecule has 5 heteroatoms. The third-order valence-electron chi connectivity index (χ3n) is 2.63. The van der Waals surface area contributed by atoms with Gasteiger partial charge >= 0.3 is 0 Å². The standard InChI is InChI=1S/C13H18N2O3/c1-9(2)13(10(3)16)14-11(17)8-15-7-5-4-6-12(15)18/h4-7,9,13H,8H2,1-3H3,(H,14,17). The second-order valence-corrected chi connectivity index (χ2v) is 4.57. The Bertz CT molecular complexity index is 491. The first-order valence-electron chi connectivity index (χ1n) is 5.87. The molecule has 98 valence electrons. The number of hydrogen-bond donors (Lipinski definition) is 1. The van der Waals surface area contributed by atoms with Crippen molar-refractivity contribution in [3.63, 3.8) is 0 Å². The van der Waals surface area contributed by atoms with Crippen molar-refractivity contribution in [1.29, 1.82) is 0 Å². The van der Waals surface area contributed by atoms with Gasteiger partial charge in [0.2, 0.25) is 5.91 Å². The molecule has 0 saturated heterocycles. The van der Waals surface area contributed by atoms with Crippen LogP contribution >= 0.6 is 0 Å². The fraction of sp³-hybridized carbons (Fsp3) is 0.462. The van der Waals surface area contributed by atoms with Crippen LogP contribution in [0.3, 0.4) is 0 Å². The molecule has 1 unspecified atom stereocenters. The molecule has 0 fully saturated rings. The van der Waals surface area contributed by atoms with Gasteiger partial charge in [-0.1, -0.05) is 19.9 Å². The summed E-state index contributed by atoms with van der Waals surface area (Å²) in [6, 6.07) is 4.18. The second kappa shape index (κ2) is 6.14. The molecule has 1 amide bonds. The Kier molecular flexibility index (Phi) is 4.83. The van der Waals surface area contributed by atoms with Crippen LogP contribution in [0.1, 0.15) is 20.8 Å². The van der Waals surface area contributed by atoms with Crippen molar-refractivity contribution in [3.8, 4) is 0 Å². The molecular formula is C13H18N2O3. The molecule has 0 aliphatic heterocycles. The van der Waals surface area contributed by atoms with Crippen molar-refractivity contribution in [3.05, 3.63) is 34.7 Å². The van der Waals surface area contributed by atoms with Crippen molar-refractivity contribution in [2.45, 2.75) is 33.4 Å². The van der Waals surface area contributed by atoms with Gasteiger partial charge in [-0.05, 0) is 18.9 Å². The third kappa shape index (κ3) is 3.84. The fourth-order valence-electron chi connectivity index (χ4n) is 1.70. The summed E-state index contributed by atoms with van der Waals surface area (Å²) in [6.45, 7) is 5.10. The predicted molar refractivity (Wildman–Crippen MR) is 68.2 cm³/mol. The zero-order valence-corrected chi connectivity index (χ0v) is 10.8. The number of pyridine rings is 1. The Morgan fingerprint density at radius 2 is 2.00 bits per heavy atom. The maximum Gasteiger partial charge on any atom is 0.250 e. The van der Waals surface area contributed by atoms with Crippen LogP contribution in [-0.2, 0) is 16.1 Å². The number of carbonyl (C=O) groups excluding carboxylic acids is 2. The molecular weight excluding hydrogens is 232 g/mol. The summed E-state index contributed by atoms with van der Waals surface area (Å²) in [5.41, 5.74) is -0.239. The van der Waals surface area contributed by atoms with E-state index < -0.39 is 6.04 Å². The van der Waals surface area contributed by atoms with Gasteiger partial charge in [0.05, 0.1) is 6.04 Å². The lowest BCUT2D eigenvalue weighted by molar-refractivity contribution is -0.128. The van der Waals surface area contributed by atoms with Gasteiger partial charge in [-0.3, -0.25) is 14.4 Å². The maximum atomic E-state index is 11.8. The van der Waals surface area contributed by atoms with Crippen LogP contribution in [0.2, 0.25) is 0 Å². The van der Waals surface area contributed by atoms with Crippen LogP contribution in [0.5, 0.6) is 0 Å². The predicted octanol–water partition coefficient (Wildman–Crippen LogP) is 0.578. The molecule has 0 bridgehead atoms. The van der Waals surface area contributed by atoms with Crippen LogP contribution in [0.4, 0.5) is 0 Å². The maximum absolute atomic E-state index is 11.8. The van der Waals surface area contributed by atoms with Crippen molar-refractivity contribution in [2.75, 3.05) is 0 Å². The van der Waals surface area contributed by atoms with Gasteiger partial charge < -0.3 is 9.88 Å². The van der Waals surface area contributed by atoms with Gasteiger partial charge in [0.1, 0.15) is 6.54 Å². The van der Waals surface area contributed by atoms with Crippen molar-refractivity contribution in [2.24, 2.45) is 5.92 Å². The number of ketones is 1. The lowest BCUT2D eigenvalue weighted by Gasteiger charge is -2.19. The molecule has 0 aliphatic carbocycles. The minimum Gasteiger partial charge on any atom is -0.344 e. The summed E-state index contributed by atoms with van der Waals surface area (Å²) in [6.07, 6.45) is 1.54.